The van der Waals surface area contributed by atoms with Crippen LogP contribution in [0.4, 0.5) is 8.78 Å². The summed E-state index contributed by atoms with van der Waals surface area (Å²) in [6, 6.07) is 5.87. The van der Waals surface area contributed by atoms with E-state index in [4.69, 9.17) is 4.52 Å². The van der Waals surface area contributed by atoms with Gasteiger partial charge >= 0.3 is 0 Å². The molecule has 1 fully saturated rings. The largest absolute Gasteiger partial charge is 0.364 e. The minimum atomic E-state index is -0.555. The van der Waals surface area contributed by atoms with Gasteiger partial charge in [-0.05, 0) is 25.0 Å². The third kappa shape index (κ3) is 4.77. The Morgan fingerprint density at radius 3 is 2.48 bits per heavy atom. The monoisotopic (exact) mass is 490 g/mol. The number of benzene rings is 1. The highest BCUT2D eigenvalue weighted by atomic mass is 127. The number of nitrogens with one attached hydrogen (secondary N) is 1. The Labute approximate surface area is 175 Å². The Bertz CT molecular complexity index is 741. The van der Waals surface area contributed by atoms with Crippen molar-refractivity contribution in [3.05, 3.63) is 53.4 Å². The lowest BCUT2D eigenvalue weighted by Crippen LogP contribution is -2.45. The van der Waals surface area contributed by atoms with E-state index in [0.717, 1.165) is 31.4 Å². The predicted molar refractivity (Wildman–Crippen MR) is 111 cm³/mol. The van der Waals surface area contributed by atoms with Crippen molar-refractivity contribution < 1.29 is 13.3 Å². The maximum Gasteiger partial charge on any atom is 0.193 e. The quantitative estimate of drug-likeness (QED) is 0.390. The topological polar surface area (TPSA) is 53.7 Å². The van der Waals surface area contributed by atoms with Gasteiger partial charge in [-0.1, -0.05) is 24.1 Å². The molecule has 27 heavy (non-hydrogen) atoms. The predicted octanol–water partition coefficient (Wildman–Crippen LogP) is 4.09. The molecule has 148 valence electrons. The van der Waals surface area contributed by atoms with Crippen LogP contribution in [0.3, 0.4) is 0 Å². The van der Waals surface area contributed by atoms with E-state index in [1.165, 1.54) is 24.5 Å². The standard InChI is InChI=1S/C19H24F2N4O.HI/c1-22-18(25(2)12-14-8-11-26-24-14)23-13-19(9-3-4-10-19)17-15(20)6-5-7-16(17)21;/h5-8,11H,3-4,9-10,12-13H2,1-2H3,(H,22,23);1H. The Morgan fingerprint density at radius 1 is 1.26 bits per heavy atom. The number of hydrogen-bond donors (Lipinski definition) is 1. The molecule has 1 saturated carbocycles. The maximum absolute atomic E-state index is 14.4. The number of halogens is 3. The van der Waals surface area contributed by atoms with Crippen molar-refractivity contribution in [3.8, 4) is 0 Å². The molecule has 0 saturated heterocycles. The lowest BCUT2D eigenvalue weighted by molar-refractivity contribution is 0.369. The Hall–Kier alpha value is -1.71. The lowest BCUT2D eigenvalue weighted by Gasteiger charge is -2.32. The zero-order valence-electron chi connectivity index (χ0n) is 15.5. The van der Waals surface area contributed by atoms with E-state index in [1.54, 1.807) is 13.1 Å². The molecule has 5 nitrogen and oxygen atoms in total. The molecule has 0 aliphatic heterocycles. The summed E-state index contributed by atoms with van der Waals surface area (Å²) >= 11 is 0. The fourth-order valence-corrected chi connectivity index (χ4v) is 3.84. The number of hydrogen-bond acceptors (Lipinski definition) is 3. The zero-order valence-corrected chi connectivity index (χ0v) is 17.9. The fourth-order valence-electron chi connectivity index (χ4n) is 3.84. The van der Waals surface area contributed by atoms with E-state index < -0.39 is 17.0 Å². The van der Waals surface area contributed by atoms with Crippen LogP contribution in [0.25, 0.3) is 0 Å². The maximum atomic E-state index is 14.4. The molecule has 1 aliphatic rings. The summed E-state index contributed by atoms with van der Waals surface area (Å²) in [5, 5.41) is 7.20. The van der Waals surface area contributed by atoms with E-state index >= 15 is 0 Å². The summed E-state index contributed by atoms with van der Waals surface area (Å²) in [5.41, 5.74) is 0.422. The Balaban J connectivity index is 0.00000261. The third-order valence-corrected chi connectivity index (χ3v) is 5.10. The smallest absolute Gasteiger partial charge is 0.193 e. The van der Waals surface area contributed by atoms with Crippen molar-refractivity contribution in [1.29, 1.82) is 0 Å². The molecule has 0 amide bonds. The second-order valence-electron chi connectivity index (χ2n) is 6.83. The number of aromatic nitrogens is 1. The zero-order chi connectivity index (χ0) is 18.6. The van der Waals surface area contributed by atoms with Crippen LogP contribution in [0.2, 0.25) is 0 Å². The van der Waals surface area contributed by atoms with Gasteiger partial charge < -0.3 is 14.7 Å². The summed E-state index contributed by atoms with van der Waals surface area (Å²) in [6.07, 6.45) is 4.95. The SMILES string of the molecule is CN=C(NCC1(c2c(F)cccc2F)CCCC1)N(C)Cc1ccon1.I. The van der Waals surface area contributed by atoms with Crippen molar-refractivity contribution in [2.75, 3.05) is 20.6 Å². The first-order valence-electron chi connectivity index (χ1n) is 8.81. The summed E-state index contributed by atoms with van der Waals surface area (Å²) < 4.78 is 33.7. The molecular weight excluding hydrogens is 465 g/mol. The van der Waals surface area contributed by atoms with Crippen LogP contribution in [0.1, 0.15) is 36.9 Å². The van der Waals surface area contributed by atoms with Crippen molar-refractivity contribution in [2.24, 2.45) is 4.99 Å². The van der Waals surface area contributed by atoms with Gasteiger partial charge in [-0.15, -0.1) is 24.0 Å². The second kappa shape index (κ2) is 9.48. The van der Waals surface area contributed by atoms with Crippen molar-refractivity contribution in [1.82, 2.24) is 15.4 Å². The first kappa shape index (κ1) is 21.6. The molecule has 0 atom stereocenters. The van der Waals surface area contributed by atoms with Gasteiger partial charge in [-0.2, -0.15) is 0 Å². The molecular formula is C19H25F2IN4O. The van der Waals surface area contributed by atoms with Crippen molar-refractivity contribution >= 4 is 29.9 Å². The number of guanidine groups is 1. The van der Waals surface area contributed by atoms with Gasteiger partial charge in [0.2, 0.25) is 0 Å². The van der Waals surface area contributed by atoms with Gasteiger partial charge in [0.25, 0.3) is 0 Å². The van der Waals surface area contributed by atoms with Crippen LogP contribution in [0.15, 0.2) is 40.0 Å². The average molecular weight is 490 g/mol. The van der Waals surface area contributed by atoms with Crippen LogP contribution >= 0.6 is 24.0 Å². The summed E-state index contributed by atoms with van der Waals surface area (Å²) in [5.74, 6) is -0.296. The molecule has 3 rings (SSSR count). The van der Waals surface area contributed by atoms with Crippen molar-refractivity contribution in [3.63, 3.8) is 0 Å². The molecule has 0 spiro atoms. The van der Waals surface area contributed by atoms with E-state index in [-0.39, 0.29) is 29.5 Å². The van der Waals surface area contributed by atoms with E-state index in [0.29, 0.717) is 19.0 Å². The summed E-state index contributed by atoms with van der Waals surface area (Å²) in [4.78, 5) is 6.19. The van der Waals surface area contributed by atoms with Crippen molar-refractivity contribution in [2.45, 2.75) is 37.6 Å². The minimum Gasteiger partial charge on any atom is -0.364 e. The number of aliphatic imine (C=N–C) groups is 1. The van der Waals surface area contributed by atoms with Gasteiger partial charge in [0.1, 0.15) is 23.6 Å². The first-order valence-corrected chi connectivity index (χ1v) is 8.81. The van der Waals surface area contributed by atoms with Crippen LogP contribution in [-0.2, 0) is 12.0 Å². The molecule has 1 aromatic heterocycles. The molecule has 2 aromatic rings. The molecule has 1 heterocycles. The molecule has 0 radical (unpaired) electrons. The van der Waals surface area contributed by atoms with Gasteiger partial charge in [0.05, 0.1) is 6.54 Å². The van der Waals surface area contributed by atoms with Gasteiger partial charge in [-0.3, -0.25) is 4.99 Å². The highest BCUT2D eigenvalue weighted by Crippen LogP contribution is 2.42. The summed E-state index contributed by atoms with van der Waals surface area (Å²) in [7, 11) is 3.57. The first-order chi connectivity index (χ1) is 12.6. The van der Waals surface area contributed by atoms with E-state index in [9.17, 15) is 8.78 Å². The molecule has 0 bridgehead atoms. The van der Waals surface area contributed by atoms with Crippen LogP contribution < -0.4 is 5.32 Å². The molecule has 1 N–H and O–H groups in total. The summed E-state index contributed by atoms with van der Waals surface area (Å²) in [6.45, 7) is 0.956. The Kier molecular flexibility index (Phi) is 7.58. The normalized spacial score (nSPS) is 16.1. The minimum absolute atomic E-state index is 0. The molecule has 1 aromatic carbocycles. The fraction of sp³-hybridized carbons (Fsp3) is 0.474. The van der Waals surface area contributed by atoms with Gasteiger partial charge in [0, 0.05) is 37.7 Å². The van der Waals surface area contributed by atoms with Gasteiger partial charge in [0.15, 0.2) is 5.96 Å². The molecule has 0 unspecified atom stereocenters. The Morgan fingerprint density at radius 2 is 1.93 bits per heavy atom. The molecule has 8 heteroatoms. The second-order valence-corrected chi connectivity index (χ2v) is 6.83. The lowest BCUT2D eigenvalue weighted by atomic mass is 9.78. The van der Waals surface area contributed by atoms with Gasteiger partial charge in [-0.25, -0.2) is 8.78 Å². The average Bonchev–Trinajstić information content (AvgIpc) is 3.28. The van der Waals surface area contributed by atoms with E-state index in [2.05, 4.69) is 15.5 Å². The highest BCUT2D eigenvalue weighted by Gasteiger charge is 2.40. The van der Waals surface area contributed by atoms with Crippen LogP contribution in [0, 0.1) is 11.6 Å². The van der Waals surface area contributed by atoms with Crippen LogP contribution in [0.5, 0.6) is 0 Å². The third-order valence-electron chi connectivity index (χ3n) is 5.10. The van der Waals surface area contributed by atoms with E-state index in [1.807, 2.05) is 11.9 Å². The van der Waals surface area contributed by atoms with Crippen LogP contribution in [-0.4, -0.2) is 36.7 Å². The number of rotatable bonds is 5. The molecule has 1 aliphatic carbocycles. The number of nitrogens with zero attached hydrogens (tertiary/aromatic N) is 3. The highest BCUT2D eigenvalue weighted by molar-refractivity contribution is 14.0.